The molecule has 0 saturated heterocycles. The van der Waals surface area contributed by atoms with Crippen molar-refractivity contribution < 1.29 is 17.9 Å². The Labute approximate surface area is 190 Å². The number of benzene rings is 2. The van der Waals surface area contributed by atoms with E-state index in [1.807, 2.05) is 48.5 Å². The van der Waals surface area contributed by atoms with Crippen LogP contribution in [0, 0.1) is 0 Å². The second-order valence-electron chi connectivity index (χ2n) is 8.41. The van der Waals surface area contributed by atoms with Crippen molar-refractivity contribution in [2.75, 3.05) is 19.0 Å². The molecule has 32 heavy (non-hydrogen) atoms. The van der Waals surface area contributed by atoms with Gasteiger partial charge in [0.25, 0.3) is 10.2 Å². The largest absolute Gasteiger partial charge is 0.497 e. The lowest BCUT2D eigenvalue weighted by Gasteiger charge is -2.41. The second-order valence-corrected chi connectivity index (χ2v) is 9.79. The van der Waals surface area contributed by atoms with Gasteiger partial charge in [-0.3, -0.25) is 4.79 Å². The maximum absolute atomic E-state index is 11.6. The summed E-state index contributed by atoms with van der Waals surface area (Å²) in [6, 6.07) is 15.9. The van der Waals surface area contributed by atoms with E-state index in [0.717, 1.165) is 54.8 Å². The van der Waals surface area contributed by atoms with Gasteiger partial charge >= 0.3 is 0 Å². The van der Waals surface area contributed by atoms with E-state index in [-0.39, 0.29) is 17.9 Å². The van der Waals surface area contributed by atoms with Gasteiger partial charge in [0.05, 0.1) is 7.11 Å². The van der Waals surface area contributed by atoms with Crippen LogP contribution >= 0.6 is 0 Å². The minimum Gasteiger partial charge on any atom is -0.497 e. The van der Waals surface area contributed by atoms with Crippen LogP contribution in [-0.4, -0.2) is 34.0 Å². The first-order valence-corrected chi connectivity index (χ1v) is 12.3. The van der Waals surface area contributed by atoms with E-state index in [4.69, 9.17) is 9.88 Å². The molecule has 3 rings (SSSR count). The number of nitrogens with two attached hydrogens (primary N) is 1. The monoisotopic (exact) mass is 460 g/mol. The van der Waals surface area contributed by atoms with E-state index < -0.39 is 10.2 Å². The molecule has 8 nitrogen and oxygen atoms in total. The highest BCUT2D eigenvalue weighted by Gasteiger charge is 2.37. The summed E-state index contributed by atoms with van der Waals surface area (Å²) in [5.41, 5.74) is 2.64. The quantitative estimate of drug-likeness (QED) is 0.458. The Morgan fingerprint density at radius 1 is 1.16 bits per heavy atom. The van der Waals surface area contributed by atoms with Crippen LogP contribution in [0.4, 0.5) is 5.69 Å². The Bertz CT molecular complexity index is 1020. The van der Waals surface area contributed by atoms with Crippen molar-refractivity contribution >= 4 is 21.8 Å². The number of methoxy groups -OCH3 is 1. The standard InChI is InChI=1S/C23H32N4O4S/c1-17(28)27-21-8-6-18(7-9-21)15-25-20-10-12-23(13-11-20,16-26-32(24,29)30)19-4-3-5-22(14-19)31-2/h3-9,14,20,25-26H,10-13,15-16H2,1-2H3,(H,27,28)(H2,24,29,30). The van der Waals surface area contributed by atoms with Gasteiger partial charge in [0.15, 0.2) is 0 Å². The summed E-state index contributed by atoms with van der Waals surface area (Å²) >= 11 is 0. The molecule has 5 N–H and O–H groups in total. The van der Waals surface area contributed by atoms with E-state index in [9.17, 15) is 13.2 Å². The van der Waals surface area contributed by atoms with Crippen LogP contribution in [0.3, 0.4) is 0 Å². The van der Waals surface area contributed by atoms with Gasteiger partial charge in [-0.2, -0.15) is 8.42 Å². The predicted molar refractivity (Wildman–Crippen MR) is 126 cm³/mol. The summed E-state index contributed by atoms with van der Waals surface area (Å²) in [7, 11) is -2.16. The smallest absolute Gasteiger partial charge is 0.274 e. The van der Waals surface area contributed by atoms with Crippen LogP contribution in [0.15, 0.2) is 48.5 Å². The third kappa shape index (κ3) is 6.77. The van der Waals surface area contributed by atoms with Crippen LogP contribution in [0.5, 0.6) is 5.75 Å². The van der Waals surface area contributed by atoms with E-state index in [0.29, 0.717) is 6.04 Å². The molecule has 0 unspecified atom stereocenters. The van der Waals surface area contributed by atoms with Gasteiger partial charge in [-0.1, -0.05) is 24.3 Å². The zero-order valence-electron chi connectivity index (χ0n) is 18.6. The average Bonchev–Trinajstić information content (AvgIpc) is 2.77. The molecule has 1 saturated carbocycles. The van der Waals surface area contributed by atoms with Crippen LogP contribution in [-0.2, 0) is 27.0 Å². The molecule has 1 amide bonds. The molecule has 9 heteroatoms. The lowest BCUT2D eigenvalue weighted by Crippen LogP contribution is -2.47. The van der Waals surface area contributed by atoms with E-state index in [1.54, 1.807) is 7.11 Å². The molecule has 1 aliphatic carbocycles. The number of nitrogens with one attached hydrogen (secondary N) is 3. The predicted octanol–water partition coefficient (Wildman–Crippen LogP) is 2.42. The third-order valence-corrected chi connectivity index (χ3v) is 6.65. The van der Waals surface area contributed by atoms with Crippen molar-refractivity contribution in [1.82, 2.24) is 10.0 Å². The second kappa shape index (κ2) is 10.4. The molecule has 0 aliphatic heterocycles. The number of carbonyl (C=O) groups excluding carboxylic acids is 1. The van der Waals surface area contributed by atoms with Crippen LogP contribution in [0.1, 0.15) is 43.7 Å². The number of ether oxygens (including phenoxy) is 1. The Morgan fingerprint density at radius 2 is 1.84 bits per heavy atom. The van der Waals surface area contributed by atoms with Gasteiger partial charge in [0.1, 0.15) is 5.75 Å². The lowest BCUT2D eigenvalue weighted by atomic mass is 9.68. The van der Waals surface area contributed by atoms with Gasteiger partial charge in [-0.25, -0.2) is 9.86 Å². The molecular weight excluding hydrogens is 428 g/mol. The summed E-state index contributed by atoms with van der Waals surface area (Å²) < 4.78 is 31.1. The first kappa shape index (κ1) is 24.2. The molecule has 1 fully saturated rings. The number of hydrogen-bond acceptors (Lipinski definition) is 5. The van der Waals surface area contributed by atoms with Gasteiger partial charge in [-0.05, 0) is 61.1 Å². The van der Waals surface area contributed by atoms with Crippen molar-refractivity contribution in [2.24, 2.45) is 5.14 Å². The summed E-state index contributed by atoms with van der Waals surface area (Å²) in [6.45, 7) is 2.48. The summed E-state index contributed by atoms with van der Waals surface area (Å²) in [4.78, 5) is 11.1. The summed E-state index contributed by atoms with van der Waals surface area (Å²) in [5.74, 6) is 0.662. The molecular formula is C23H32N4O4S. The third-order valence-electron chi connectivity index (χ3n) is 6.11. The molecule has 1 aliphatic rings. The average molecular weight is 461 g/mol. The molecule has 0 radical (unpaired) electrons. The molecule has 0 spiro atoms. The molecule has 174 valence electrons. The van der Waals surface area contributed by atoms with Crippen LogP contribution < -0.4 is 25.2 Å². The molecule has 2 aromatic carbocycles. The van der Waals surface area contributed by atoms with Gasteiger partial charge in [0.2, 0.25) is 5.91 Å². The molecule has 0 heterocycles. The SMILES string of the molecule is COc1cccc(C2(CNS(N)(=O)=O)CCC(NCc3ccc(NC(C)=O)cc3)CC2)c1. The Balaban J connectivity index is 1.63. The number of rotatable bonds is 9. The number of amides is 1. The molecule has 0 bridgehead atoms. The summed E-state index contributed by atoms with van der Waals surface area (Å²) in [5, 5.41) is 11.6. The number of carbonyl (C=O) groups is 1. The number of hydrogen-bond donors (Lipinski definition) is 4. The van der Waals surface area contributed by atoms with Crippen molar-refractivity contribution in [2.45, 2.75) is 50.6 Å². The van der Waals surface area contributed by atoms with Crippen molar-refractivity contribution in [1.29, 1.82) is 0 Å². The van der Waals surface area contributed by atoms with E-state index in [1.165, 1.54) is 6.92 Å². The fourth-order valence-electron chi connectivity index (χ4n) is 4.31. The van der Waals surface area contributed by atoms with Gasteiger partial charge in [0, 0.05) is 37.2 Å². The zero-order chi connectivity index (χ0) is 23.2. The first-order chi connectivity index (χ1) is 15.2. The minimum atomic E-state index is -3.78. The maximum Gasteiger partial charge on any atom is 0.274 e. The Morgan fingerprint density at radius 3 is 2.44 bits per heavy atom. The first-order valence-electron chi connectivity index (χ1n) is 10.7. The van der Waals surface area contributed by atoms with Crippen molar-refractivity contribution in [3.8, 4) is 5.75 Å². The topological polar surface area (TPSA) is 123 Å². The van der Waals surface area contributed by atoms with Gasteiger partial charge < -0.3 is 15.4 Å². The Kier molecular flexibility index (Phi) is 7.89. The highest BCUT2D eigenvalue weighted by Crippen LogP contribution is 2.40. The zero-order valence-corrected chi connectivity index (χ0v) is 19.4. The highest BCUT2D eigenvalue weighted by atomic mass is 32.2. The van der Waals surface area contributed by atoms with Crippen molar-refractivity contribution in [3.63, 3.8) is 0 Å². The van der Waals surface area contributed by atoms with E-state index >= 15 is 0 Å². The Hall–Kier alpha value is -2.46. The van der Waals surface area contributed by atoms with Crippen LogP contribution in [0.25, 0.3) is 0 Å². The lowest BCUT2D eigenvalue weighted by molar-refractivity contribution is -0.114. The maximum atomic E-state index is 11.6. The normalized spacial score (nSPS) is 21.2. The molecule has 0 aromatic heterocycles. The van der Waals surface area contributed by atoms with Gasteiger partial charge in [-0.15, -0.1) is 0 Å². The number of anilines is 1. The van der Waals surface area contributed by atoms with E-state index in [2.05, 4.69) is 15.4 Å². The molecule has 2 aromatic rings. The fourth-order valence-corrected chi connectivity index (χ4v) is 4.78. The fraction of sp³-hybridized carbons (Fsp3) is 0.435. The minimum absolute atomic E-state index is 0.0884. The highest BCUT2D eigenvalue weighted by molar-refractivity contribution is 7.87. The summed E-state index contributed by atoms with van der Waals surface area (Å²) in [6.07, 6.45) is 3.46. The molecule has 0 atom stereocenters. The van der Waals surface area contributed by atoms with Crippen LogP contribution in [0.2, 0.25) is 0 Å². The van der Waals surface area contributed by atoms with Crippen molar-refractivity contribution in [3.05, 3.63) is 59.7 Å².